The Balaban J connectivity index is 1.78. The summed E-state index contributed by atoms with van der Waals surface area (Å²) in [6, 6.07) is 4.94. The summed E-state index contributed by atoms with van der Waals surface area (Å²) in [5.74, 6) is -0.0987. The number of hydrogen-bond acceptors (Lipinski definition) is 2. The van der Waals surface area contributed by atoms with Crippen LogP contribution in [0, 0.1) is 0 Å². The normalized spacial score (nSPS) is 16.7. The van der Waals surface area contributed by atoms with Crippen LogP contribution in [0.3, 0.4) is 0 Å². The zero-order chi connectivity index (χ0) is 14.4. The van der Waals surface area contributed by atoms with Gasteiger partial charge in [-0.15, -0.1) is 0 Å². The van der Waals surface area contributed by atoms with Crippen LogP contribution < -0.4 is 5.32 Å². The third-order valence-electron chi connectivity index (χ3n) is 3.59. The SMILES string of the molecule is O=C(NCCN1CCCCCC1)c1ccc(Cl)c(Cl)c1. The number of carbonyl (C=O) groups excluding carboxylic acids is 1. The number of likely N-dealkylation sites (tertiary alicyclic amines) is 1. The van der Waals surface area contributed by atoms with Crippen molar-refractivity contribution in [3.63, 3.8) is 0 Å². The first-order valence-electron chi connectivity index (χ1n) is 7.12. The largest absolute Gasteiger partial charge is 0.351 e. The van der Waals surface area contributed by atoms with Gasteiger partial charge in [-0.2, -0.15) is 0 Å². The lowest BCUT2D eigenvalue weighted by Gasteiger charge is -2.19. The maximum Gasteiger partial charge on any atom is 0.251 e. The second-order valence-corrected chi connectivity index (χ2v) is 5.96. The van der Waals surface area contributed by atoms with Gasteiger partial charge in [0.2, 0.25) is 0 Å². The molecule has 20 heavy (non-hydrogen) atoms. The molecule has 1 aliphatic rings. The monoisotopic (exact) mass is 314 g/mol. The van der Waals surface area contributed by atoms with Gasteiger partial charge in [-0.25, -0.2) is 0 Å². The van der Waals surface area contributed by atoms with E-state index in [1.165, 1.54) is 25.7 Å². The minimum atomic E-state index is -0.0987. The van der Waals surface area contributed by atoms with Crippen molar-refractivity contribution in [3.8, 4) is 0 Å². The number of hydrogen-bond donors (Lipinski definition) is 1. The van der Waals surface area contributed by atoms with Gasteiger partial charge in [0.1, 0.15) is 0 Å². The van der Waals surface area contributed by atoms with Crippen LogP contribution in [0.15, 0.2) is 18.2 Å². The standard InChI is InChI=1S/C15H20Cl2N2O/c16-13-6-5-12(11-14(13)17)15(20)18-7-10-19-8-3-1-2-4-9-19/h5-6,11H,1-4,7-10H2,(H,18,20). The van der Waals surface area contributed by atoms with Crippen LogP contribution in [0.4, 0.5) is 0 Å². The Morgan fingerprint density at radius 1 is 1.10 bits per heavy atom. The fraction of sp³-hybridized carbons (Fsp3) is 0.533. The molecule has 1 aromatic carbocycles. The van der Waals surface area contributed by atoms with Crippen LogP contribution in [-0.4, -0.2) is 37.0 Å². The molecule has 1 fully saturated rings. The highest BCUT2D eigenvalue weighted by Crippen LogP contribution is 2.22. The van der Waals surface area contributed by atoms with Crippen LogP contribution >= 0.6 is 23.2 Å². The van der Waals surface area contributed by atoms with E-state index in [1.54, 1.807) is 18.2 Å². The molecule has 1 aliphatic heterocycles. The molecule has 5 heteroatoms. The van der Waals surface area contributed by atoms with Gasteiger partial charge in [0.25, 0.3) is 5.91 Å². The molecular formula is C15H20Cl2N2O. The average Bonchev–Trinajstić information content (AvgIpc) is 2.70. The summed E-state index contributed by atoms with van der Waals surface area (Å²) >= 11 is 11.7. The number of nitrogens with zero attached hydrogens (tertiary/aromatic N) is 1. The van der Waals surface area contributed by atoms with Crippen LogP contribution in [0.2, 0.25) is 10.0 Å². The second kappa shape index (κ2) is 7.87. The van der Waals surface area contributed by atoms with Gasteiger partial charge in [-0.1, -0.05) is 36.0 Å². The third kappa shape index (κ3) is 4.65. The fourth-order valence-electron chi connectivity index (χ4n) is 2.43. The van der Waals surface area contributed by atoms with Gasteiger partial charge in [-0.3, -0.25) is 4.79 Å². The molecule has 0 saturated carbocycles. The molecule has 0 spiro atoms. The Labute approximate surface area is 130 Å². The van der Waals surface area contributed by atoms with Crippen LogP contribution in [0.1, 0.15) is 36.0 Å². The summed E-state index contributed by atoms with van der Waals surface area (Å²) in [7, 11) is 0. The molecule has 1 N–H and O–H groups in total. The van der Waals surface area contributed by atoms with E-state index >= 15 is 0 Å². The lowest BCUT2D eigenvalue weighted by molar-refractivity contribution is 0.0948. The average molecular weight is 315 g/mol. The molecule has 1 aromatic rings. The Bertz CT molecular complexity index is 457. The van der Waals surface area contributed by atoms with Crippen LogP contribution in [0.5, 0.6) is 0 Å². The maximum atomic E-state index is 12.0. The summed E-state index contributed by atoms with van der Waals surface area (Å²) in [6.07, 6.45) is 5.18. The third-order valence-corrected chi connectivity index (χ3v) is 4.33. The highest BCUT2D eigenvalue weighted by molar-refractivity contribution is 6.42. The van der Waals surface area contributed by atoms with Crippen LogP contribution in [0.25, 0.3) is 0 Å². The van der Waals surface area contributed by atoms with Crippen molar-refractivity contribution < 1.29 is 4.79 Å². The molecule has 2 rings (SSSR count). The molecular weight excluding hydrogens is 295 g/mol. The summed E-state index contributed by atoms with van der Waals surface area (Å²) in [5, 5.41) is 3.81. The van der Waals surface area contributed by atoms with Gasteiger partial charge in [0.05, 0.1) is 10.0 Å². The van der Waals surface area contributed by atoms with E-state index in [2.05, 4.69) is 10.2 Å². The second-order valence-electron chi connectivity index (χ2n) is 5.14. The van der Waals surface area contributed by atoms with Crippen molar-refractivity contribution in [2.45, 2.75) is 25.7 Å². The topological polar surface area (TPSA) is 32.3 Å². The molecule has 0 aliphatic carbocycles. The number of amides is 1. The van der Waals surface area contributed by atoms with Gasteiger partial charge in [0, 0.05) is 18.7 Å². The van der Waals surface area contributed by atoms with Gasteiger partial charge < -0.3 is 10.2 Å². The predicted octanol–water partition coefficient (Wildman–Crippen LogP) is 3.60. The molecule has 1 heterocycles. The first-order chi connectivity index (χ1) is 9.66. The minimum absolute atomic E-state index is 0.0987. The Kier molecular flexibility index (Phi) is 6.14. The zero-order valence-corrected chi connectivity index (χ0v) is 13.0. The van der Waals surface area contributed by atoms with Gasteiger partial charge in [0.15, 0.2) is 0 Å². The molecule has 1 amide bonds. The number of rotatable bonds is 4. The number of halogens is 2. The van der Waals surface area contributed by atoms with Crippen molar-refractivity contribution in [1.29, 1.82) is 0 Å². The molecule has 3 nitrogen and oxygen atoms in total. The smallest absolute Gasteiger partial charge is 0.251 e. The summed E-state index contributed by atoms with van der Waals surface area (Å²) < 4.78 is 0. The first kappa shape index (κ1) is 15.6. The van der Waals surface area contributed by atoms with E-state index in [4.69, 9.17) is 23.2 Å². The first-order valence-corrected chi connectivity index (χ1v) is 7.88. The molecule has 0 radical (unpaired) electrons. The highest BCUT2D eigenvalue weighted by Gasteiger charge is 2.10. The lowest BCUT2D eigenvalue weighted by atomic mass is 10.2. The van der Waals surface area contributed by atoms with E-state index in [-0.39, 0.29) is 5.91 Å². The number of carbonyl (C=O) groups is 1. The van der Waals surface area contributed by atoms with Gasteiger partial charge >= 0.3 is 0 Å². The molecule has 0 aromatic heterocycles. The quantitative estimate of drug-likeness (QED) is 0.921. The fourth-order valence-corrected chi connectivity index (χ4v) is 2.72. The molecule has 0 atom stereocenters. The van der Waals surface area contributed by atoms with Crippen molar-refractivity contribution in [3.05, 3.63) is 33.8 Å². The Morgan fingerprint density at radius 2 is 1.80 bits per heavy atom. The Morgan fingerprint density at radius 3 is 2.45 bits per heavy atom. The van der Waals surface area contributed by atoms with Crippen molar-refractivity contribution in [1.82, 2.24) is 10.2 Å². The summed E-state index contributed by atoms with van der Waals surface area (Å²) in [4.78, 5) is 14.4. The van der Waals surface area contributed by atoms with Crippen molar-refractivity contribution >= 4 is 29.1 Å². The van der Waals surface area contributed by atoms with E-state index in [0.29, 0.717) is 22.2 Å². The number of nitrogens with one attached hydrogen (secondary N) is 1. The molecule has 110 valence electrons. The maximum absolute atomic E-state index is 12.0. The molecule has 0 unspecified atom stereocenters. The lowest BCUT2D eigenvalue weighted by Crippen LogP contribution is -2.35. The van der Waals surface area contributed by atoms with Crippen molar-refractivity contribution in [2.75, 3.05) is 26.2 Å². The van der Waals surface area contributed by atoms with Gasteiger partial charge in [-0.05, 0) is 44.1 Å². The highest BCUT2D eigenvalue weighted by atomic mass is 35.5. The van der Waals surface area contributed by atoms with Crippen molar-refractivity contribution in [2.24, 2.45) is 0 Å². The van der Waals surface area contributed by atoms with E-state index in [0.717, 1.165) is 19.6 Å². The van der Waals surface area contributed by atoms with E-state index in [1.807, 2.05) is 0 Å². The zero-order valence-electron chi connectivity index (χ0n) is 11.5. The van der Waals surface area contributed by atoms with Crippen LogP contribution in [-0.2, 0) is 0 Å². The minimum Gasteiger partial charge on any atom is -0.351 e. The van der Waals surface area contributed by atoms with E-state index < -0.39 is 0 Å². The molecule has 1 saturated heterocycles. The van der Waals surface area contributed by atoms with E-state index in [9.17, 15) is 4.79 Å². The Hall–Kier alpha value is -0.770. The molecule has 0 bridgehead atoms. The number of benzene rings is 1. The predicted molar refractivity (Wildman–Crippen MR) is 83.7 cm³/mol. The summed E-state index contributed by atoms with van der Waals surface area (Å²) in [5.41, 5.74) is 0.551. The summed E-state index contributed by atoms with van der Waals surface area (Å²) in [6.45, 7) is 3.86.